The van der Waals surface area contributed by atoms with Gasteiger partial charge in [0, 0.05) is 28.9 Å². The standard InChI is InChI=1S/C22H23ClN2O2/c1-5-27-20-9-7-19(8-10-20)25-15(2)12-17(16(25)3)14-24-18-6-11-22(26-4)21(23)13-18/h6-14H,5H2,1-4H3. The number of hydrogen-bond acceptors (Lipinski definition) is 3. The fraction of sp³-hybridized carbons (Fsp3) is 0.227. The topological polar surface area (TPSA) is 35.8 Å². The van der Waals surface area contributed by atoms with Crippen LogP contribution in [0.4, 0.5) is 5.69 Å². The average molecular weight is 383 g/mol. The van der Waals surface area contributed by atoms with Gasteiger partial charge in [-0.3, -0.25) is 4.99 Å². The van der Waals surface area contributed by atoms with Crippen LogP contribution in [0.2, 0.25) is 5.02 Å². The predicted molar refractivity (Wildman–Crippen MR) is 112 cm³/mol. The van der Waals surface area contributed by atoms with Crippen LogP contribution in [0.1, 0.15) is 23.9 Å². The third-order valence-corrected chi connectivity index (χ3v) is 4.66. The van der Waals surface area contributed by atoms with Crippen LogP contribution >= 0.6 is 11.6 Å². The molecule has 0 spiro atoms. The van der Waals surface area contributed by atoms with E-state index in [0.29, 0.717) is 17.4 Å². The Bertz CT molecular complexity index is 959. The van der Waals surface area contributed by atoms with E-state index in [1.54, 1.807) is 13.2 Å². The number of aryl methyl sites for hydroxylation is 1. The molecule has 0 unspecified atom stereocenters. The Morgan fingerprint density at radius 1 is 1.07 bits per heavy atom. The van der Waals surface area contributed by atoms with Crippen molar-refractivity contribution in [2.45, 2.75) is 20.8 Å². The van der Waals surface area contributed by atoms with Crippen molar-refractivity contribution in [1.29, 1.82) is 0 Å². The van der Waals surface area contributed by atoms with Crippen LogP contribution in [0.3, 0.4) is 0 Å². The predicted octanol–water partition coefficient (Wildman–Crippen LogP) is 5.91. The van der Waals surface area contributed by atoms with Gasteiger partial charge in [-0.05, 0) is 69.3 Å². The van der Waals surface area contributed by atoms with Crippen molar-refractivity contribution in [3.63, 3.8) is 0 Å². The zero-order valence-corrected chi connectivity index (χ0v) is 16.7. The van der Waals surface area contributed by atoms with Crippen molar-refractivity contribution in [3.05, 3.63) is 70.5 Å². The first-order chi connectivity index (χ1) is 13.0. The van der Waals surface area contributed by atoms with Gasteiger partial charge in [-0.25, -0.2) is 0 Å². The smallest absolute Gasteiger partial charge is 0.137 e. The molecule has 0 radical (unpaired) electrons. The number of hydrogen-bond donors (Lipinski definition) is 0. The van der Waals surface area contributed by atoms with E-state index in [4.69, 9.17) is 21.1 Å². The van der Waals surface area contributed by atoms with Crippen molar-refractivity contribution in [3.8, 4) is 17.2 Å². The lowest BCUT2D eigenvalue weighted by Crippen LogP contribution is -2.00. The second-order valence-corrected chi connectivity index (χ2v) is 6.57. The Balaban J connectivity index is 1.88. The lowest BCUT2D eigenvalue weighted by atomic mass is 10.2. The molecule has 0 saturated heterocycles. The maximum absolute atomic E-state index is 6.17. The molecule has 0 aliphatic carbocycles. The summed E-state index contributed by atoms with van der Waals surface area (Å²) in [5.74, 6) is 1.52. The summed E-state index contributed by atoms with van der Waals surface area (Å²) in [5.41, 5.74) is 5.21. The molecule has 3 rings (SSSR count). The summed E-state index contributed by atoms with van der Waals surface area (Å²) in [5, 5.41) is 0.548. The van der Waals surface area contributed by atoms with Crippen molar-refractivity contribution in [2.75, 3.05) is 13.7 Å². The largest absolute Gasteiger partial charge is 0.495 e. The Morgan fingerprint density at radius 2 is 1.81 bits per heavy atom. The first-order valence-corrected chi connectivity index (χ1v) is 9.21. The van der Waals surface area contributed by atoms with E-state index in [-0.39, 0.29) is 0 Å². The zero-order chi connectivity index (χ0) is 19.4. The molecule has 1 heterocycles. The van der Waals surface area contributed by atoms with Crippen LogP contribution in [-0.4, -0.2) is 24.5 Å². The summed E-state index contributed by atoms with van der Waals surface area (Å²) >= 11 is 6.17. The number of nitrogens with zero attached hydrogens (tertiary/aromatic N) is 2. The van der Waals surface area contributed by atoms with Gasteiger partial charge in [0.15, 0.2) is 0 Å². The van der Waals surface area contributed by atoms with Gasteiger partial charge in [0.25, 0.3) is 0 Å². The molecule has 0 aliphatic heterocycles. The van der Waals surface area contributed by atoms with E-state index < -0.39 is 0 Å². The number of halogens is 1. The van der Waals surface area contributed by atoms with Crippen LogP contribution in [0.5, 0.6) is 11.5 Å². The second-order valence-electron chi connectivity index (χ2n) is 6.17. The monoisotopic (exact) mass is 382 g/mol. The molecule has 0 N–H and O–H groups in total. The van der Waals surface area contributed by atoms with E-state index in [2.05, 4.69) is 41.6 Å². The minimum atomic E-state index is 0.548. The number of rotatable bonds is 6. The quantitative estimate of drug-likeness (QED) is 0.497. The molecule has 0 amide bonds. The van der Waals surface area contributed by atoms with Crippen molar-refractivity contribution in [1.82, 2.24) is 4.57 Å². The van der Waals surface area contributed by atoms with E-state index >= 15 is 0 Å². The van der Waals surface area contributed by atoms with Gasteiger partial charge in [0.1, 0.15) is 11.5 Å². The molecular weight excluding hydrogens is 360 g/mol. The van der Waals surface area contributed by atoms with Gasteiger partial charge in [-0.15, -0.1) is 0 Å². The van der Waals surface area contributed by atoms with Crippen LogP contribution in [-0.2, 0) is 0 Å². The van der Waals surface area contributed by atoms with Crippen LogP contribution in [0, 0.1) is 13.8 Å². The van der Waals surface area contributed by atoms with Crippen molar-refractivity contribution >= 4 is 23.5 Å². The minimum absolute atomic E-state index is 0.548. The van der Waals surface area contributed by atoms with Crippen LogP contribution in [0.15, 0.2) is 53.5 Å². The molecule has 140 valence electrons. The molecular formula is C22H23ClN2O2. The van der Waals surface area contributed by atoms with E-state index in [1.807, 2.05) is 37.4 Å². The molecule has 3 aromatic rings. The maximum atomic E-state index is 6.17. The molecule has 4 nitrogen and oxygen atoms in total. The number of aliphatic imine (C=N–C) groups is 1. The molecule has 0 atom stereocenters. The minimum Gasteiger partial charge on any atom is -0.495 e. The van der Waals surface area contributed by atoms with Crippen LogP contribution < -0.4 is 9.47 Å². The third kappa shape index (κ3) is 4.17. The molecule has 0 aliphatic rings. The average Bonchev–Trinajstić information content (AvgIpc) is 2.95. The molecule has 0 saturated carbocycles. The molecule has 2 aromatic carbocycles. The van der Waals surface area contributed by atoms with Crippen LogP contribution in [0.25, 0.3) is 5.69 Å². The van der Waals surface area contributed by atoms with Gasteiger partial charge < -0.3 is 14.0 Å². The summed E-state index contributed by atoms with van der Waals surface area (Å²) in [4.78, 5) is 4.56. The van der Waals surface area contributed by atoms with Crippen molar-refractivity contribution < 1.29 is 9.47 Å². The van der Waals surface area contributed by atoms with Gasteiger partial charge in [-0.2, -0.15) is 0 Å². The Hall–Kier alpha value is -2.72. The summed E-state index contributed by atoms with van der Waals surface area (Å²) in [7, 11) is 1.60. The highest BCUT2D eigenvalue weighted by molar-refractivity contribution is 6.32. The van der Waals surface area contributed by atoms with Crippen molar-refractivity contribution in [2.24, 2.45) is 4.99 Å². The van der Waals surface area contributed by atoms with Gasteiger partial charge >= 0.3 is 0 Å². The highest BCUT2D eigenvalue weighted by Crippen LogP contribution is 2.29. The third-order valence-electron chi connectivity index (χ3n) is 4.36. The Kier molecular flexibility index (Phi) is 5.87. The number of methoxy groups -OCH3 is 1. The summed E-state index contributed by atoms with van der Waals surface area (Å²) in [6.07, 6.45) is 1.87. The molecule has 5 heteroatoms. The summed E-state index contributed by atoms with van der Waals surface area (Å²) in [6.45, 7) is 6.82. The van der Waals surface area contributed by atoms with Gasteiger partial charge in [0.2, 0.25) is 0 Å². The Labute approximate surface area is 165 Å². The molecule has 27 heavy (non-hydrogen) atoms. The van der Waals surface area contributed by atoms with Gasteiger partial charge in [0.05, 0.1) is 24.4 Å². The summed E-state index contributed by atoms with van der Waals surface area (Å²) in [6, 6.07) is 15.7. The first kappa shape index (κ1) is 19.1. The molecule has 0 fully saturated rings. The normalized spacial score (nSPS) is 11.1. The van der Waals surface area contributed by atoms with E-state index in [9.17, 15) is 0 Å². The summed E-state index contributed by atoms with van der Waals surface area (Å²) < 4.78 is 12.9. The lowest BCUT2D eigenvalue weighted by molar-refractivity contribution is 0.340. The second kappa shape index (κ2) is 8.31. The highest BCUT2D eigenvalue weighted by atomic mass is 35.5. The number of aromatic nitrogens is 1. The first-order valence-electron chi connectivity index (χ1n) is 8.83. The number of benzene rings is 2. The molecule has 0 bridgehead atoms. The lowest BCUT2D eigenvalue weighted by Gasteiger charge is -2.11. The maximum Gasteiger partial charge on any atom is 0.137 e. The van der Waals surface area contributed by atoms with E-state index in [0.717, 1.165) is 34.1 Å². The molecule has 1 aromatic heterocycles. The fourth-order valence-corrected chi connectivity index (χ4v) is 3.31. The van der Waals surface area contributed by atoms with Gasteiger partial charge in [-0.1, -0.05) is 11.6 Å². The SMILES string of the molecule is CCOc1ccc(-n2c(C)cc(C=Nc3ccc(OC)c(Cl)c3)c2C)cc1. The van der Waals surface area contributed by atoms with E-state index in [1.165, 1.54) is 0 Å². The zero-order valence-electron chi connectivity index (χ0n) is 16.0. The highest BCUT2D eigenvalue weighted by Gasteiger charge is 2.10. The Morgan fingerprint density at radius 3 is 2.44 bits per heavy atom. The fourth-order valence-electron chi connectivity index (χ4n) is 3.05. The number of ether oxygens (including phenoxy) is 2.